The van der Waals surface area contributed by atoms with Crippen molar-refractivity contribution in [2.45, 2.75) is 6.92 Å². The van der Waals surface area contributed by atoms with Gasteiger partial charge in [0.05, 0.1) is 0 Å². The summed E-state index contributed by atoms with van der Waals surface area (Å²) in [5, 5.41) is 10.8. The molecule has 0 saturated carbocycles. The van der Waals surface area contributed by atoms with Crippen LogP contribution in [0.1, 0.15) is 27.8 Å². The molecule has 6 nitrogen and oxygen atoms in total. The minimum Gasteiger partial charge on any atom is -0.478 e. The predicted molar refractivity (Wildman–Crippen MR) is 59.9 cm³/mol. The van der Waals surface area contributed by atoms with E-state index in [1.165, 1.54) is 25.3 Å². The number of Topliss-reactive ketones (excluding diaryl/α,β-unsaturated/α-hetero) is 1. The van der Waals surface area contributed by atoms with Crippen molar-refractivity contribution in [2.24, 2.45) is 0 Å². The average molecular weight is 236 g/mol. The highest BCUT2D eigenvalue weighted by Crippen LogP contribution is 2.03. The normalized spacial score (nSPS) is 10.4. The zero-order valence-electron chi connectivity index (χ0n) is 9.19. The highest BCUT2D eigenvalue weighted by atomic mass is 16.4. The Bertz CT molecular complexity index is 474. The fourth-order valence-corrected chi connectivity index (χ4v) is 1.14. The maximum atomic E-state index is 11.5. The zero-order valence-corrected chi connectivity index (χ0v) is 9.19. The van der Waals surface area contributed by atoms with Gasteiger partial charge < -0.3 is 15.4 Å². The Morgan fingerprint density at radius 3 is 2.71 bits per heavy atom. The number of carbonyl (C=O) groups is 3. The molecule has 0 spiro atoms. The Morgan fingerprint density at radius 2 is 2.18 bits per heavy atom. The van der Waals surface area contributed by atoms with Crippen LogP contribution in [-0.4, -0.2) is 34.3 Å². The number of amides is 1. The molecule has 0 unspecified atom stereocenters. The minimum atomic E-state index is -1.07. The third kappa shape index (κ3) is 3.94. The van der Waals surface area contributed by atoms with E-state index in [1.54, 1.807) is 0 Å². The Morgan fingerprint density at radius 1 is 1.47 bits per heavy atom. The fourth-order valence-electron chi connectivity index (χ4n) is 1.14. The first kappa shape index (κ1) is 12.7. The van der Waals surface area contributed by atoms with Crippen LogP contribution in [0.15, 0.2) is 24.4 Å². The van der Waals surface area contributed by atoms with Gasteiger partial charge in [-0.05, 0) is 13.0 Å². The molecule has 0 aliphatic rings. The number of aromatic amines is 1. The van der Waals surface area contributed by atoms with Crippen molar-refractivity contribution in [3.05, 3.63) is 35.7 Å². The van der Waals surface area contributed by atoms with E-state index in [4.69, 9.17) is 5.11 Å². The maximum absolute atomic E-state index is 11.5. The van der Waals surface area contributed by atoms with Gasteiger partial charge in [0.2, 0.25) is 0 Å². The molecule has 1 aromatic heterocycles. The van der Waals surface area contributed by atoms with Crippen molar-refractivity contribution in [3.8, 4) is 0 Å². The van der Waals surface area contributed by atoms with Gasteiger partial charge in [-0.1, -0.05) is 6.08 Å². The second kappa shape index (κ2) is 5.64. The predicted octanol–water partition coefficient (Wildman–Crippen LogP) is 0.588. The molecule has 1 aromatic rings. The van der Waals surface area contributed by atoms with Gasteiger partial charge in [0.25, 0.3) is 5.91 Å². The number of ketones is 1. The summed E-state index contributed by atoms with van der Waals surface area (Å²) in [5.74, 6) is -1.60. The average Bonchev–Trinajstić information content (AvgIpc) is 2.73. The molecule has 17 heavy (non-hydrogen) atoms. The second-order valence-electron chi connectivity index (χ2n) is 3.31. The molecule has 90 valence electrons. The van der Waals surface area contributed by atoms with E-state index in [0.29, 0.717) is 5.56 Å². The lowest BCUT2D eigenvalue weighted by Crippen LogP contribution is -2.23. The number of hydrogen-bond acceptors (Lipinski definition) is 3. The number of carbonyl (C=O) groups excluding carboxylic acids is 2. The number of aromatic nitrogens is 1. The number of nitrogens with one attached hydrogen (secondary N) is 2. The van der Waals surface area contributed by atoms with Crippen LogP contribution in [0.5, 0.6) is 0 Å². The van der Waals surface area contributed by atoms with Gasteiger partial charge in [-0.15, -0.1) is 0 Å². The number of hydrogen-bond donors (Lipinski definition) is 3. The van der Waals surface area contributed by atoms with E-state index < -0.39 is 11.9 Å². The quantitative estimate of drug-likeness (QED) is 0.514. The molecule has 1 amide bonds. The van der Waals surface area contributed by atoms with E-state index in [9.17, 15) is 14.4 Å². The molecule has 0 radical (unpaired) electrons. The van der Waals surface area contributed by atoms with Gasteiger partial charge in [0.1, 0.15) is 5.69 Å². The van der Waals surface area contributed by atoms with E-state index in [0.717, 1.165) is 6.08 Å². The molecule has 6 heteroatoms. The topological polar surface area (TPSA) is 99.3 Å². The Kier molecular flexibility index (Phi) is 4.21. The summed E-state index contributed by atoms with van der Waals surface area (Å²) in [6, 6.07) is 1.44. The lowest BCUT2D eigenvalue weighted by Gasteiger charge is -1.98. The van der Waals surface area contributed by atoms with Gasteiger partial charge >= 0.3 is 5.97 Å². The first-order chi connectivity index (χ1) is 8.00. The van der Waals surface area contributed by atoms with Gasteiger partial charge in [0.15, 0.2) is 5.78 Å². The Balaban J connectivity index is 2.52. The molecule has 1 heterocycles. The summed E-state index contributed by atoms with van der Waals surface area (Å²) in [7, 11) is 0. The minimum absolute atomic E-state index is 0.111. The van der Waals surface area contributed by atoms with Gasteiger partial charge in [0, 0.05) is 24.4 Å². The summed E-state index contributed by atoms with van der Waals surface area (Å²) in [4.78, 5) is 35.3. The number of carboxylic acid groups (broad SMARTS) is 1. The third-order valence-electron chi connectivity index (χ3n) is 1.98. The lowest BCUT2D eigenvalue weighted by molar-refractivity contribution is -0.131. The summed E-state index contributed by atoms with van der Waals surface area (Å²) >= 11 is 0. The van der Waals surface area contributed by atoms with Crippen LogP contribution in [0, 0.1) is 0 Å². The maximum Gasteiger partial charge on any atom is 0.328 e. The summed E-state index contributed by atoms with van der Waals surface area (Å²) in [6.45, 7) is 1.51. The van der Waals surface area contributed by atoms with Crippen molar-refractivity contribution in [1.29, 1.82) is 0 Å². The largest absolute Gasteiger partial charge is 0.478 e. The molecular weight excluding hydrogens is 224 g/mol. The smallest absolute Gasteiger partial charge is 0.328 e. The summed E-state index contributed by atoms with van der Waals surface area (Å²) in [5.41, 5.74) is 0.690. The highest BCUT2D eigenvalue weighted by molar-refractivity contribution is 5.99. The molecule has 0 aromatic carbocycles. The Hall–Kier alpha value is -2.37. The van der Waals surface area contributed by atoms with Crippen LogP contribution in [-0.2, 0) is 4.79 Å². The first-order valence-electron chi connectivity index (χ1n) is 4.87. The SMILES string of the molecule is CC(=O)c1c[nH]c(C(=O)NCC=CC(=O)O)c1. The van der Waals surface area contributed by atoms with E-state index in [1.807, 2.05) is 0 Å². The van der Waals surface area contributed by atoms with Crippen molar-refractivity contribution in [1.82, 2.24) is 10.3 Å². The standard InChI is InChI=1S/C11H12N2O4/c1-7(14)8-5-9(13-6-8)11(17)12-4-2-3-10(15)16/h2-3,5-6,13H,4H2,1H3,(H,12,17)(H,15,16). The highest BCUT2D eigenvalue weighted by Gasteiger charge is 2.09. The van der Waals surface area contributed by atoms with Crippen LogP contribution in [0.25, 0.3) is 0 Å². The fraction of sp³-hybridized carbons (Fsp3) is 0.182. The molecule has 3 N–H and O–H groups in total. The number of H-pyrrole nitrogens is 1. The van der Waals surface area contributed by atoms with Crippen LogP contribution in [0.2, 0.25) is 0 Å². The van der Waals surface area contributed by atoms with Crippen LogP contribution in [0.4, 0.5) is 0 Å². The summed E-state index contributed by atoms with van der Waals surface area (Å²) in [6.07, 6.45) is 3.70. The molecule has 0 bridgehead atoms. The number of carboxylic acids is 1. The lowest BCUT2D eigenvalue weighted by atomic mass is 10.2. The Labute approximate surface area is 97.3 Å². The molecule has 1 rings (SSSR count). The molecule has 0 aliphatic heterocycles. The summed E-state index contributed by atoms with van der Waals surface area (Å²) < 4.78 is 0. The van der Waals surface area contributed by atoms with Crippen LogP contribution in [0.3, 0.4) is 0 Å². The van der Waals surface area contributed by atoms with E-state index in [2.05, 4.69) is 10.3 Å². The molecule has 0 atom stereocenters. The van der Waals surface area contributed by atoms with Gasteiger partial charge in [-0.2, -0.15) is 0 Å². The molecular formula is C11H12N2O4. The monoisotopic (exact) mass is 236 g/mol. The molecule has 0 saturated heterocycles. The van der Waals surface area contributed by atoms with Gasteiger partial charge in [-0.25, -0.2) is 4.79 Å². The second-order valence-corrected chi connectivity index (χ2v) is 3.31. The van der Waals surface area contributed by atoms with Crippen molar-refractivity contribution in [3.63, 3.8) is 0 Å². The first-order valence-corrected chi connectivity index (χ1v) is 4.87. The van der Waals surface area contributed by atoms with E-state index in [-0.39, 0.29) is 18.0 Å². The number of rotatable bonds is 5. The van der Waals surface area contributed by atoms with Crippen molar-refractivity contribution in [2.75, 3.05) is 6.54 Å². The third-order valence-corrected chi connectivity index (χ3v) is 1.98. The number of aliphatic carboxylic acids is 1. The van der Waals surface area contributed by atoms with Crippen LogP contribution >= 0.6 is 0 Å². The zero-order chi connectivity index (χ0) is 12.8. The molecule has 0 aliphatic carbocycles. The van der Waals surface area contributed by atoms with Crippen LogP contribution < -0.4 is 5.32 Å². The molecule has 0 fully saturated rings. The van der Waals surface area contributed by atoms with Crippen molar-refractivity contribution >= 4 is 17.7 Å². The van der Waals surface area contributed by atoms with Crippen molar-refractivity contribution < 1.29 is 19.5 Å². The van der Waals surface area contributed by atoms with E-state index >= 15 is 0 Å². The van der Waals surface area contributed by atoms with Gasteiger partial charge in [-0.3, -0.25) is 9.59 Å².